The fourth-order valence-corrected chi connectivity index (χ4v) is 4.68. The number of nitrogen functional groups attached to an aromatic ring is 1. The molecule has 3 heterocycles. The third-order valence-electron chi connectivity index (χ3n) is 4.92. The Morgan fingerprint density at radius 2 is 2.20 bits per heavy atom. The maximum atomic E-state index is 10.4. The van der Waals surface area contributed by atoms with Crippen LogP contribution in [-0.2, 0) is 6.54 Å². The van der Waals surface area contributed by atoms with Gasteiger partial charge < -0.3 is 15.8 Å². The second kappa shape index (κ2) is 8.87. The van der Waals surface area contributed by atoms with E-state index in [1.165, 1.54) is 37.8 Å². The van der Waals surface area contributed by atoms with Gasteiger partial charge in [0, 0.05) is 37.3 Å². The van der Waals surface area contributed by atoms with Crippen molar-refractivity contribution < 1.29 is 5.11 Å². The van der Waals surface area contributed by atoms with Crippen molar-refractivity contribution >= 4 is 28.6 Å². The summed E-state index contributed by atoms with van der Waals surface area (Å²) in [6, 6.07) is 0. The maximum Gasteiger partial charge on any atom is 0.151 e. The number of nitrogens with one attached hydrogen (secondary N) is 1. The summed E-state index contributed by atoms with van der Waals surface area (Å²) in [5, 5.41) is 10.4. The third-order valence-corrected chi connectivity index (χ3v) is 6.16. The van der Waals surface area contributed by atoms with Crippen molar-refractivity contribution in [3.05, 3.63) is 18.1 Å². The van der Waals surface area contributed by atoms with Gasteiger partial charge in [-0.05, 0) is 17.9 Å². The van der Waals surface area contributed by atoms with Crippen LogP contribution in [0.15, 0.2) is 12.5 Å². The van der Waals surface area contributed by atoms with Gasteiger partial charge in [-0.25, -0.2) is 9.97 Å². The van der Waals surface area contributed by atoms with Gasteiger partial charge in [-0.1, -0.05) is 26.2 Å². The van der Waals surface area contributed by atoms with Crippen molar-refractivity contribution in [2.24, 2.45) is 5.92 Å². The van der Waals surface area contributed by atoms with Crippen molar-refractivity contribution in [2.45, 2.75) is 45.3 Å². The zero-order valence-electron chi connectivity index (χ0n) is 14.9. The highest BCUT2D eigenvalue weighted by molar-refractivity contribution is 7.99. The fraction of sp³-hybridized carbons (Fsp3) is 0.667. The van der Waals surface area contributed by atoms with Gasteiger partial charge in [0.05, 0.1) is 11.6 Å². The Morgan fingerprint density at radius 3 is 3.04 bits per heavy atom. The standard InChI is InChI=1S/C18H29N5OS/c1-2-3-4-5-6-25-11-14-9-23(10-15(14)24)8-13-7-20-17-16(13)21-12-22-18(17)19/h7,12,14-15,20,24H,2-6,8-11H2,1H3,(H2,19,21,22)/t14-,15-/m1/s1. The van der Waals surface area contributed by atoms with Crippen molar-refractivity contribution in [1.82, 2.24) is 19.9 Å². The minimum Gasteiger partial charge on any atom is -0.391 e. The van der Waals surface area contributed by atoms with E-state index in [1.54, 1.807) is 0 Å². The van der Waals surface area contributed by atoms with Gasteiger partial charge in [0.2, 0.25) is 0 Å². The van der Waals surface area contributed by atoms with E-state index in [2.05, 4.69) is 26.8 Å². The quantitative estimate of drug-likeness (QED) is 0.593. The van der Waals surface area contributed by atoms with Crippen LogP contribution in [0.1, 0.15) is 38.2 Å². The minimum atomic E-state index is -0.229. The molecule has 138 valence electrons. The second-order valence-electron chi connectivity index (χ2n) is 6.95. The van der Waals surface area contributed by atoms with Crippen LogP contribution >= 0.6 is 11.8 Å². The van der Waals surface area contributed by atoms with Crippen molar-refractivity contribution in [3.63, 3.8) is 0 Å². The normalized spacial score (nSPS) is 21.4. The number of aromatic amines is 1. The summed E-state index contributed by atoms with van der Waals surface area (Å²) < 4.78 is 0. The van der Waals surface area contributed by atoms with Crippen LogP contribution in [0.4, 0.5) is 5.82 Å². The molecule has 0 saturated carbocycles. The van der Waals surface area contributed by atoms with Gasteiger partial charge in [-0.3, -0.25) is 4.90 Å². The van der Waals surface area contributed by atoms with E-state index in [0.29, 0.717) is 11.7 Å². The topological polar surface area (TPSA) is 91.1 Å². The molecule has 6 nitrogen and oxygen atoms in total. The van der Waals surface area contributed by atoms with Crippen molar-refractivity contribution in [3.8, 4) is 0 Å². The SMILES string of the molecule is CCCCCCSC[C@H]1CN(Cc2c[nH]c3c(N)ncnc23)C[C@H]1O. The molecule has 1 aliphatic rings. The van der Waals surface area contributed by atoms with E-state index in [1.807, 2.05) is 18.0 Å². The molecule has 25 heavy (non-hydrogen) atoms. The number of fused-ring (bicyclic) bond motifs is 1. The summed E-state index contributed by atoms with van der Waals surface area (Å²) in [4.78, 5) is 13.8. The van der Waals surface area contributed by atoms with E-state index in [4.69, 9.17) is 5.73 Å². The Balaban J connectivity index is 1.49. The molecule has 0 amide bonds. The van der Waals surface area contributed by atoms with Gasteiger partial charge in [-0.2, -0.15) is 11.8 Å². The number of β-amino-alcohol motifs (C(OH)–C–C–N with tert-alkyl or cyclic N) is 1. The molecule has 0 spiro atoms. The highest BCUT2D eigenvalue weighted by Gasteiger charge is 2.31. The second-order valence-corrected chi connectivity index (χ2v) is 8.10. The predicted octanol–water partition coefficient (Wildman–Crippen LogP) is 2.65. The largest absolute Gasteiger partial charge is 0.391 e. The van der Waals surface area contributed by atoms with Crippen LogP contribution in [0.2, 0.25) is 0 Å². The lowest BCUT2D eigenvalue weighted by atomic mass is 10.1. The summed E-state index contributed by atoms with van der Waals surface area (Å²) >= 11 is 1.99. The number of nitrogens with zero attached hydrogens (tertiary/aromatic N) is 3. The molecule has 2 atom stereocenters. The smallest absolute Gasteiger partial charge is 0.151 e. The highest BCUT2D eigenvalue weighted by atomic mass is 32.2. The lowest BCUT2D eigenvalue weighted by molar-refractivity contribution is 0.149. The maximum absolute atomic E-state index is 10.4. The van der Waals surface area contributed by atoms with Crippen LogP contribution in [0.5, 0.6) is 0 Å². The average Bonchev–Trinajstić information content (AvgIpc) is 3.16. The number of nitrogens with two attached hydrogens (primary N) is 1. The van der Waals surface area contributed by atoms with Crippen LogP contribution in [0.3, 0.4) is 0 Å². The van der Waals surface area contributed by atoms with E-state index < -0.39 is 0 Å². The number of aromatic nitrogens is 3. The fourth-order valence-electron chi connectivity index (χ4n) is 3.47. The monoisotopic (exact) mass is 363 g/mol. The van der Waals surface area contributed by atoms with E-state index >= 15 is 0 Å². The lowest BCUT2D eigenvalue weighted by Gasteiger charge is -2.15. The molecule has 0 radical (unpaired) electrons. The molecule has 1 aliphatic heterocycles. The summed E-state index contributed by atoms with van der Waals surface area (Å²) in [6.07, 6.45) is 8.47. The molecule has 3 rings (SSSR count). The van der Waals surface area contributed by atoms with E-state index in [9.17, 15) is 5.11 Å². The van der Waals surface area contributed by atoms with E-state index in [-0.39, 0.29) is 6.10 Å². The molecule has 7 heteroatoms. The van der Waals surface area contributed by atoms with Gasteiger partial charge in [0.1, 0.15) is 11.8 Å². The first-order valence-electron chi connectivity index (χ1n) is 9.23. The first kappa shape index (κ1) is 18.5. The van der Waals surface area contributed by atoms with Crippen LogP contribution in [-0.4, -0.2) is 55.7 Å². The number of aliphatic hydroxyl groups excluding tert-OH is 1. The average molecular weight is 364 g/mol. The Hall–Kier alpha value is -1.31. The number of likely N-dealkylation sites (tertiary alicyclic amines) is 1. The van der Waals surface area contributed by atoms with Gasteiger partial charge in [0.25, 0.3) is 0 Å². The van der Waals surface area contributed by atoms with Crippen LogP contribution in [0.25, 0.3) is 11.0 Å². The summed E-state index contributed by atoms with van der Waals surface area (Å²) in [5.41, 5.74) is 8.68. The number of unbranched alkanes of at least 4 members (excludes halogenated alkanes) is 3. The molecular formula is C18H29N5OS. The van der Waals surface area contributed by atoms with Crippen LogP contribution < -0.4 is 5.73 Å². The Labute approximate surface area is 153 Å². The van der Waals surface area contributed by atoms with Crippen molar-refractivity contribution in [2.75, 3.05) is 30.3 Å². The highest BCUT2D eigenvalue weighted by Crippen LogP contribution is 2.26. The molecule has 4 N–H and O–H groups in total. The Kier molecular flexibility index (Phi) is 6.56. The number of thioether (sulfide) groups is 1. The lowest BCUT2D eigenvalue weighted by Crippen LogP contribution is -2.21. The summed E-state index contributed by atoms with van der Waals surface area (Å²) in [6.45, 7) is 4.69. The number of hydrogen-bond donors (Lipinski definition) is 3. The summed E-state index contributed by atoms with van der Waals surface area (Å²) in [7, 11) is 0. The van der Waals surface area contributed by atoms with Gasteiger partial charge in [0.15, 0.2) is 5.82 Å². The Bertz CT molecular complexity index is 677. The molecule has 0 bridgehead atoms. The minimum absolute atomic E-state index is 0.229. The molecule has 1 fully saturated rings. The number of H-pyrrole nitrogens is 1. The Morgan fingerprint density at radius 1 is 1.32 bits per heavy atom. The number of anilines is 1. The molecule has 0 aromatic carbocycles. The molecule has 1 saturated heterocycles. The van der Waals surface area contributed by atoms with Gasteiger partial charge >= 0.3 is 0 Å². The zero-order valence-corrected chi connectivity index (χ0v) is 15.8. The molecule has 0 unspecified atom stereocenters. The predicted molar refractivity (Wildman–Crippen MR) is 105 cm³/mol. The number of hydrogen-bond acceptors (Lipinski definition) is 6. The van der Waals surface area contributed by atoms with E-state index in [0.717, 1.165) is 42.0 Å². The molecule has 2 aromatic heterocycles. The number of rotatable bonds is 9. The first-order chi connectivity index (χ1) is 12.2. The van der Waals surface area contributed by atoms with Crippen molar-refractivity contribution in [1.29, 1.82) is 0 Å². The van der Waals surface area contributed by atoms with Gasteiger partial charge in [-0.15, -0.1) is 0 Å². The first-order valence-corrected chi connectivity index (χ1v) is 10.4. The number of aliphatic hydroxyl groups is 1. The third kappa shape index (κ3) is 4.65. The molecular weight excluding hydrogens is 334 g/mol. The van der Waals surface area contributed by atoms with Crippen LogP contribution in [0, 0.1) is 5.92 Å². The summed E-state index contributed by atoms with van der Waals surface area (Å²) in [5.74, 6) is 3.10. The molecule has 2 aromatic rings. The molecule has 0 aliphatic carbocycles. The zero-order chi connectivity index (χ0) is 17.6.